The normalized spacial score (nSPS) is 27.8. The van der Waals surface area contributed by atoms with Gasteiger partial charge in [-0.05, 0) is 31.4 Å². The summed E-state index contributed by atoms with van der Waals surface area (Å²) in [6.45, 7) is 0. The summed E-state index contributed by atoms with van der Waals surface area (Å²) in [5, 5.41) is 28.7. The van der Waals surface area contributed by atoms with Crippen LogP contribution in [0.25, 0.3) is 0 Å². The zero-order valence-electron chi connectivity index (χ0n) is 10.7. The topological polar surface area (TPSA) is 98.1 Å². The molecular formula is C14H15NO5. The van der Waals surface area contributed by atoms with E-state index in [9.17, 15) is 24.9 Å². The molecule has 0 aromatic heterocycles. The third kappa shape index (κ3) is 1.71. The molecule has 2 heterocycles. The summed E-state index contributed by atoms with van der Waals surface area (Å²) in [6, 6.07) is 3.65. The second-order valence-electron chi connectivity index (χ2n) is 5.36. The molecule has 1 aromatic rings. The molecule has 2 aliphatic heterocycles. The van der Waals surface area contributed by atoms with Crippen LogP contribution >= 0.6 is 0 Å². The molecule has 20 heavy (non-hydrogen) atoms. The number of phenols is 2. The maximum Gasteiger partial charge on any atom is 0.308 e. The van der Waals surface area contributed by atoms with Crippen molar-refractivity contribution in [1.29, 1.82) is 0 Å². The quantitative estimate of drug-likeness (QED) is 0.754. The van der Waals surface area contributed by atoms with Gasteiger partial charge in [0, 0.05) is 12.1 Å². The van der Waals surface area contributed by atoms with Gasteiger partial charge in [-0.3, -0.25) is 9.59 Å². The van der Waals surface area contributed by atoms with Gasteiger partial charge >= 0.3 is 5.97 Å². The highest BCUT2D eigenvalue weighted by Crippen LogP contribution is 2.44. The largest absolute Gasteiger partial charge is 0.507 e. The van der Waals surface area contributed by atoms with Crippen LogP contribution in [0, 0.1) is 5.92 Å². The fourth-order valence-corrected chi connectivity index (χ4v) is 3.45. The Kier molecular flexibility index (Phi) is 2.81. The third-order valence-corrected chi connectivity index (χ3v) is 4.32. The Balaban J connectivity index is 1.94. The molecule has 2 saturated heterocycles. The van der Waals surface area contributed by atoms with Crippen molar-refractivity contribution >= 4 is 11.9 Å². The summed E-state index contributed by atoms with van der Waals surface area (Å²) in [7, 11) is 0. The molecule has 3 unspecified atom stereocenters. The standard InChI is InChI=1S/C14H15NO5/c16-10-2-1-3-11(17)12(10)13(18)15-7-4-5-9(15)8(6-7)14(19)20/h1-3,7-9,16-17H,4-6H2,(H,19,20). The highest BCUT2D eigenvalue weighted by Gasteiger charge is 2.51. The fraction of sp³-hybridized carbons (Fsp3) is 0.429. The Morgan fingerprint density at radius 2 is 1.80 bits per heavy atom. The van der Waals surface area contributed by atoms with Crippen molar-refractivity contribution in [2.45, 2.75) is 31.3 Å². The molecule has 3 rings (SSSR count). The molecule has 106 valence electrons. The number of aromatic hydroxyl groups is 2. The predicted molar refractivity (Wildman–Crippen MR) is 68.5 cm³/mol. The first-order valence-corrected chi connectivity index (χ1v) is 6.57. The van der Waals surface area contributed by atoms with Gasteiger partial charge in [-0.1, -0.05) is 6.07 Å². The van der Waals surface area contributed by atoms with Crippen molar-refractivity contribution in [2.24, 2.45) is 5.92 Å². The van der Waals surface area contributed by atoms with Crippen LogP contribution in [0.3, 0.4) is 0 Å². The van der Waals surface area contributed by atoms with Crippen LogP contribution < -0.4 is 0 Å². The Hall–Kier alpha value is -2.24. The Labute approximate surface area is 115 Å². The number of rotatable bonds is 2. The summed E-state index contributed by atoms with van der Waals surface area (Å²) >= 11 is 0. The molecule has 3 atom stereocenters. The van der Waals surface area contributed by atoms with Crippen LogP contribution in [0.2, 0.25) is 0 Å². The molecule has 6 heteroatoms. The molecule has 1 aromatic carbocycles. The predicted octanol–water partition coefficient (Wildman–Crippen LogP) is 1.18. The van der Waals surface area contributed by atoms with E-state index in [4.69, 9.17) is 0 Å². The number of amides is 1. The molecule has 1 amide bonds. The molecule has 0 saturated carbocycles. The monoisotopic (exact) mass is 277 g/mol. The first kappa shape index (κ1) is 12.8. The molecule has 3 N–H and O–H groups in total. The fourth-order valence-electron chi connectivity index (χ4n) is 3.45. The third-order valence-electron chi connectivity index (χ3n) is 4.32. The van der Waals surface area contributed by atoms with E-state index in [2.05, 4.69) is 0 Å². The minimum Gasteiger partial charge on any atom is -0.507 e. The lowest BCUT2D eigenvalue weighted by molar-refractivity contribution is -0.142. The van der Waals surface area contributed by atoms with E-state index in [1.54, 1.807) is 0 Å². The first-order valence-electron chi connectivity index (χ1n) is 6.57. The first-order chi connectivity index (χ1) is 9.50. The van der Waals surface area contributed by atoms with E-state index >= 15 is 0 Å². The van der Waals surface area contributed by atoms with Gasteiger partial charge in [0.2, 0.25) is 0 Å². The van der Waals surface area contributed by atoms with Crippen LogP contribution in [-0.2, 0) is 4.79 Å². The van der Waals surface area contributed by atoms with E-state index in [0.29, 0.717) is 12.8 Å². The molecule has 2 bridgehead atoms. The van der Waals surface area contributed by atoms with Crippen LogP contribution in [0.5, 0.6) is 11.5 Å². The van der Waals surface area contributed by atoms with Gasteiger partial charge in [0.15, 0.2) is 0 Å². The van der Waals surface area contributed by atoms with Gasteiger partial charge in [0.05, 0.1) is 5.92 Å². The van der Waals surface area contributed by atoms with Gasteiger partial charge in [-0.2, -0.15) is 0 Å². The van der Waals surface area contributed by atoms with Gasteiger partial charge in [0.1, 0.15) is 17.1 Å². The lowest BCUT2D eigenvalue weighted by Gasteiger charge is -2.23. The average Bonchev–Trinajstić information content (AvgIpc) is 2.95. The van der Waals surface area contributed by atoms with Crippen molar-refractivity contribution in [3.8, 4) is 11.5 Å². The van der Waals surface area contributed by atoms with Crippen molar-refractivity contribution in [2.75, 3.05) is 0 Å². The van der Waals surface area contributed by atoms with Crippen molar-refractivity contribution < 1.29 is 24.9 Å². The lowest BCUT2D eigenvalue weighted by atomic mass is 9.89. The Morgan fingerprint density at radius 3 is 2.35 bits per heavy atom. The zero-order valence-corrected chi connectivity index (χ0v) is 10.7. The highest BCUT2D eigenvalue weighted by molar-refractivity contribution is 6.00. The van der Waals surface area contributed by atoms with Gasteiger partial charge < -0.3 is 20.2 Å². The minimum absolute atomic E-state index is 0.118. The number of nitrogens with zero attached hydrogens (tertiary/aromatic N) is 1. The molecule has 0 radical (unpaired) electrons. The van der Waals surface area contributed by atoms with Crippen LogP contribution in [-0.4, -0.2) is 44.2 Å². The zero-order chi connectivity index (χ0) is 14.4. The van der Waals surface area contributed by atoms with Crippen molar-refractivity contribution in [1.82, 2.24) is 4.90 Å². The summed E-state index contributed by atoms with van der Waals surface area (Å²) in [4.78, 5) is 25.2. The van der Waals surface area contributed by atoms with E-state index in [1.165, 1.54) is 23.1 Å². The number of carbonyl (C=O) groups is 2. The molecule has 2 aliphatic rings. The molecule has 6 nitrogen and oxygen atoms in total. The number of benzene rings is 1. The Bertz CT molecular complexity index is 565. The van der Waals surface area contributed by atoms with Crippen molar-refractivity contribution in [3.05, 3.63) is 23.8 Å². The molecule has 2 fully saturated rings. The van der Waals surface area contributed by atoms with Crippen LogP contribution in [0.15, 0.2) is 18.2 Å². The second-order valence-corrected chi connectivity index (χ2v) is 5.36. The number of hydrogen-bond donors (Lipinski definition) is 3. The highest BCUT2D eigenvalue weighted by atomic mass is 16.4. The maximum atomic E-state index is 12.5. The summed E-state index contributed by atoms with van der Waals surface area (Å²) in [5.41, 5.74) is -0.143. The summed E-state index contributed by atoms with van der Waals surface area (Å²) in [6.07, 6.45) is 1.87. The van der Waals surface area contributed by atoms with Gasteiger partial charge in [-0.25, -0.2) is 0 Å². The van der Waals surface area contributed by atoms with E-state index < -0.39 is 17.8 Å². The van der Waals surface area contributed by atoms with Crippen LogP contribution in [0.1, 0.15) is 29.6 Å². The lowest BCUT2D eigenvalue weighted by Crippen LogP contribution is -2.37. The Morgan fingerprint density at radius 1 is 1.15 bits per heavy atom. The smallest absolute Gasteiger partial charge is 0.308 e. The molecule has 0 aliphatic carbocycles. The van der Waals surface area contributed by atoms with Crippen molar-refractivity contribution in [3.63, 3.8) is 0 Å². The number of carboxylic acid groups (broad SMARTS) is 1. The molecule has 0 spiro atoms. The minimum atomic E-state index is -0.892. The van der Waals surface area contributed by atoms with Gasteiger partial charge in [0.25, 0.3) is 5.91 Å². The summed E-state index contributed by atoms with van der Waals surface area (Å²) < 4.78 is 0. The SMILES string of the molecule is O=C(O)C1CC2CCC1N2C(=O)c1c(O)cccc1O. The van der Waals surface area contributed by atoms with E-state index in [-0.39, 0.29) is 29.1 Å². The number of carboxylic acids is 1. The maximum absolute atomic E-state index is 12.5. The average molecular weight is 277 g/mol. The number of fused-ring (bicyclic) bond motifs is 2. The van der Waals surface area contributed by atoms with Crippen LogP contribution in [0.4, 0.5) is 0 Å². The number of phenolic OH excluding ortho intramolecular Hbond substituents is 2. The van der Waals surface area contributed by atoms with Gasteiger partial charge in [-0.15, -0.1) is 0 Å². The summed E-state index contributed by atoms with van der Waals surface area (Å²) in [5.74, 6) is -2.50. The number of aliphatic carboxylic acids is 1. The van der Waals surface area contributed by atoms with E-state index in [0.717, 1.165) is 6.42 Å². The molecular weight excluding hydrogens is 262 g/mol. The van der Waals surface area contributed by atoms with E-state index in [1.807, 2.05) is 0 Å². The number of hydrogen-bond acceptors (Lipinski definition) is 4. The number of carbonyl (C=O) groups excluding carboxylic acids is 1. The second kappa shape index (κ2) is 4.40.